The number of sulfonamides is 1. The third-order valence-electron chi connectivity index (χ3n) is 4.00. The Morgan fingerprint density at radius 2 is 2.04 bits per heavy atom. The molecule has 1 aromatic heterocycles. The fraction of sp³-hybridized carbons (Fsp3) is 0.312. The third kappa shape index (κ3) is 4.15. The molecule has 27 heavy (non-hydrogen) atoms. The van der Waals surface area contributed by atoms with Gasteiger partial charge in [0.25, 0.3) is 5.69 Å². The van der Waals surface area contributed by atoms with Crippen molar-refractivity contribution in [2.24, 2.45) is 5.10 Å². The fourth-order valence-electron chi connectivity index (χ4n) is 2.54. The topological polar surface area (TPSA) is 127 Å². The van der Waals surface area contributed by atoms with Crippen LogP contribution in [-0.4, -0.2) is 49.7 Å². The maximum atomic E-state index is 12.7. The average Bonchev–Trinajstić information content (AvgIpc) is 3.21. The smallest absolute Gasteiger partial charge is 0.295 e. The predicted octanol–water partition coefficient (Wildman–Crippen LogP) is 2.04. The van der Waals surface area contributed by atoms with Crippen molar-refractivity contribution in [1.82, 2.24) is 4.31 Å². The van der Waals surface area contributed by atoms with Crippen molar-refractivity contribution in [2.45, 2.75) is 11.8 Å². The van der Waals surface area contributed by atoms with E-state index in [1.807, 2.05) is 0 Å². The minimum Gasteiger partial charge on any atom is -0.463 e. The summed E-state index contributed by atoms with van der Waals surface area (Å²) >= 11 is 0. The summed E-state index contributed by atoms with van der Waals surface area (Å²) in [5, 5.41) is 15.5. The van der Waals surface area contributed by atoms with E-state index >= 15 is 0 Å². The van der Waals surface area contributed by atoms with Gasteiger partial charge in [0, 0.05) is 19.2 Å². The van der Waals surface area contributed by atoms with E-state index in [0.717, 1.165) is 6.07 Å². The van der Waals surface area contributed by atoms with Crippen LogP contribution in [0, 0.1) is 10.1 Å². The van der Waals surface area contributed by atoms with E-state index in [9.17, 15) is 18.5 Å². The summed E-state index contributed by atoms with van der Waals surface area (Å²) in [4.78, 5) is 10.6. The van der Waals surface area contributed by atoms with Crippen LogP contribution in [0.4, 0.5) is 11.4 Å². The van der Waals surface area contributed by atoms with Crippen molar-refractivity contribution < 1.29 is 22.5 Å². The molecular formula is C16H18N4O6S. The standard InChI is InChI=1S/C16H18N4O6S/c1-12(16-3-2-8-26-16)17-18-14-5-4-13(11-15(14)20(21)22)27(23,24)19-6-9-25-10-7-19/h2-5,8,11,18H,6-7,9-10H2,1H3/b17-12-. The molecular weight excluding hydrogens is 376 g/mol. The minimum atomic E-state index is -3.83. The van der Waals surface area contributed by atoms with Crippen molar-refractivity contribution in [2.75, 3.05) is 31.7 Å². The van der Waals surface area contributed by atoms with E-state index in [2.05, 4.69) is 10.5 Å². The van der Waals surface area contributed by atoms with Gasteiger partial charge in [-0.05, 0) is 31.2 Å². The highest BCUT2D eigenvalue weighted by atomic mass is 32.2. The van der Waals surface area contributed by atoms with Crippen LogP contribution in [0.15, 0.2) is 51.0 Å². The molecule has 2 aromatic rings. The van der Waals surface area contributed by atoms with Gasteiger partial charge in [-0.2, -0.15) is 9.41 Å². The van der Waals surface area contributed by atoms with E-state index in [0.29, 0.717) is 24.7 Å². The maximum Gasteiger partial charge on any atom is 0.295 e. The van der Waals surface area contributed by atoms with Crippen LogP contribution in [0.5, 0.6) is 0 Å². The second-order valence-electron chi connectivity index (χ2n) is 5.74. The Morgan fingerprint density at radius 3 is 2.67 bits per heavy atom. The van der Waals surface area contributed by atoms with Gasteiger partial charge in [-0.15, -0.1) is 0 Å². The lowest BCUT2D eigenvalue weighted by Crippen LogP contribution is -2.40. The predicted molar refractivity (Wildman–Crippen MR) is 97.2 cm³/mol. The molecule has 1 fully saturated rings. The molecule has 1 aliphatic heterocycles. The van der Waals surface area contributed by atoms with Crippen molar-refractivity contribution in [3.63, 3.8) is 0 Å². The van der Waals surface area contributed by atoms with E-state index in [4.69, 9.17) is 9.15 Å². The Hall–Kier alpha value is -2.76. The highest BCUT2D eigenvalue weighted by molar-refractivity contribution is 7.89. The molecule has 144 valence electrons. The van der Waals surface area contributed by atoms with Gasteiger partial charge in [0.2, 0.25) is 10.0 Å². The average molecular weight is 394 g/mol. The zero-order valence-corrected chi connectivity index (χ0v) is 15.3. The first kappa shape index (κ1) is 19.0. The van der Waals surface area contributed by atoms with Crippen LogP contribution in [-0.2, 0) is 14.8 Å². The van der Waals surface area contributed by atoms with Gasteiger partial charge >= 0.3 is 0 Å². The molecule has 0 bridgehead atoms. The highest BCUT2D eigenvalue weighted by Crippen LogP contribution is 2.29. The van der Waals surface area contributed by atoms with Crippen LogP contribution >= 0.6 is 0 Å². The van der Waals surface area contributed by atoms with Gasteiger partial charge in [-0.25, -0.2) is 8.42 Å². The zero-order chi connectivity index (χ0) is 19.4. The number of nitro benzene ring substituents is 1. The molecule has 0 saturated carbocycles. The molecule has 1 aliphatic rings. The van der Waals surface area contributed by atoms with Crippen LogP contribution in [0.3, 0.4) is 0 Å². The van der Waals surface area contributed by atoms with E-state index in [1.54, 1.807) is 19.1 Å². The summed E-state index contributed by atoms with van der Waals surface area (Å²) in [6, 6.07) is 7.07. The van der Waals surface area contributed by atoms with Crippen LogP contribution in [0.1, 0.15) is 12.7 Å². The number of nitro groups is 1. The number of hydrazone groups is 1. The molecule has 0 radical (unpaired) electrons. The SMILES string of the molecule is C/C(=N/Nc1ccc(S(=O)(=O)N2CCOCC2)cc1[N+](=O)[O-])c1ccco1. The molecule has 0 aliphatic carbocycles. The van der Waals surface area contributed by atoms with Crippen molar-refractivity contribution in [3.8, 4) is 0 Å². The van der Waals surface area contributed by atoms with E-state index in [1.165, 1.54) is 22.7 Å². The van der Waals surface area contributed by atoms with Gasteiger partial charge in [0.15, 0.2) is 0 Å². The largest absolute Gasteiger partial charge is 0.463 e. The Labute approximate surface area is 155 Å². The number of benzene rings is 1. The summed E-state index contributed by atoms with van der Waals surface area (Å²) in [7, 11) is -3.83. The minimum absolute atomic E-state index is 0.0758. The number of morpholine rings is 1. The van der Waals surface area contributed by atoms with Gasteiger partial charge in [0.1, 0.15) is 17.2 Å². The molecule has 0 spiro atoms. The molecule has 3 rings (SSSR count). The van der Waals surface area contributed by atoms with Gasteiger partial charge in [-0.1, -0.05) is 0 Å². The monoisotopic (exact) mass is 394 g/mol. The number of nitrogens with zero attached hydrogens (tertiary/aromatic N) is 3. The van der Waals surface area contributed by atoms with Crippen molar-refractivity contribution >= 4 is 27.1 Å². The third-order valence-corrected chi connectivity index (χ3v) is 5.89. The van der Waals surface area contributed by atoms with Gasteiger partial charge in [0.05, 0.1) is 29.3 Å². The first-order valence-corrected chi connectivity index (χ1v) is 9.54. The van der Waals surface area contributed by atoms with Crippen LogP contribution < -0.4 is 5.43 Å². The molecule has 11 heteroatoms. The summed E-state index contributed by atoms with van der Waals surface area (Å²) in [5.41, 5.74) is 2.77. The van der Waals surface area contributed by atoms with Crippen LogP contribution in [0.2, 0.25) is 0 Å². The lowest BCUT2D eigenvalue weighted by atomic mass is 10.3. The lowest BCUT2D eigenvalue weighted by molar-refractivity contribution is -0.384. The van der Waals surface area contributed by atoms with Crippen LogP contribution in [0.25, 0.3) is 0 Å². The number of anilines is 1. The molecule has 0 unspecified atom stereocenters. The number of rotatable bonds is 6. The van der Waals surface area contributed by atoms with Crippen molar-refractivity contribution in [3.05, 3.63) is 52.5 Å². The number of nitrogens with one attached hydrogen (secondary N) is 1. The summed E-state index contributed by atoms with van der Waals surface area (Å²) in [6.45, 7) is 2.68. The molecule has 0 amide bonds. The number of furan rings is 1. The quantitative estimate of drug-likeness (QED) is 0.451. The Bertz CT molecular complexity index is 949. The van der Waals surface area contributed by atoms with Crippen molar-refractivity contribution in [1.29, 1.82) is 0 Å². The fourth-order valence-corrected chi connectivity index (χ4v) is 3.97. The van der Waals surface area contributed by atoms with E-state index < -0.39 is 14.9 Å². The molecule has 1 saturated heterocycles. The summed E-state index contributed by atoms with van der Waals surface area (Å²) in [5.74, 6) is 0.511. The number of ether oxygens (including phenoxy) is 1. The van der Waals surface area contributed by atoms with Gasteiger partial charge in [-0.3, -0.25) is 15.5 Å². The van der Waals surface area contributed by atoms with E-state index in [-0.39, 0.29) is 29.4 Å². The maximum absolute atomic E-state index is 12.7. The number of hydrogen-bond donors (Lipinski definition) is 1. The molecule has 1 N–H and O–H groups in total. The molecule has 1 aromatic carbocycles. The second-order valence-corrected chi connectivity index (χ2v) is 7.68. The lowest BCUT2D eigenvalue weighted by Gasteiger charge is -2.26. The Morgan fingerprint density at radius 1 is 1.30 bits per heavy atom. The zero-order valence-electron chi connectivity index (χ0n) is 14.5. The summed E-state index contributed by atoms with van der Waals surface area (Å²) < 4.78 is 37.0. The second kappa shape index (κ2) is 7.86. The Balaban J connectivity index is 1.89. The molecule has 10 nitrogen and oxygen atoms in total. The molecule has 0 atom stereocenters. The first-order chi connectivity index (χ1) is 12.9. The molecule has 2 heterocycles. The highest BCUT2D eigenvalue weighted by Gasteiger charge is 2.28. The first-order valence-electron chi connectivity index (χ1n) is 8.10. The summed E-state index contributed by atoms with van der Waals surface area (Å²) in [6.07, 6.45) is 1.49. The number of hydrogen-bond acceptors (Lipinski definition) is 8. The van der Waals surface area contributed by atoms with Gasteiger partial charge < -0.3 is 9.15 Å². The Kier molecular flexibility index (Phi) is 5.54. The normalized spacial score (nSPS) is 16.3.